The predicted molar refractivity (Wildman–Crippen MR) is 39.0 cm³/mol. The summed E-state index contributed by atoms with van der Waals surface area (Å²) in [6.07, 6.45) is 2.21. The highest BCUT2D eigenvalue weighted by atomic mass is 15.5. The van der Waals surface area contributed by atoms with Gasteiger partial charge in [0, 0.05) is 6.20 Å². The van der Waals surface area contributed by atoms with E-state index >= 15 is 0 Å². The number of aromatic nitrogens is 6. The Morgan fingerprint density at radius 2 is 2.33 bits per heavy atom. The largest absolute Gasteiger partial charge is 0.242 e. The lowest BCUT2D eigenvalue weighted by Gasteiger charge is -1.91. The van der Waals surface area contributed by atoms with Crippen LogP contribution in [0.4, 0.5) is 0 Å². The van der Waals surface area contributed by atoms with Crippen LogP contribution in [0.1, 0.15) is 11.5 Å². The third kappa shape index (κ3) is 1.42. The van der Waals surface area contributed by atoms with Gasteiger partial charge in [0.05, 0.1) is 12.1 Å². The molecule has 2 heterocycles. The Kier molecular flexibility index (Phi) is 1.73. The summed E-state index contributed by atoms with van der Waals surface area (Å²) in [5, 5.41) is 20.9. The molecule has 0 unspecified atom stereocenters. The van der Waals surface area contributed by atoms with Gasteiger partial charge in [0.15, 0.2) is 5.82 Å². The Morgan fingerprint density at radius 1 is 1.33 bits per heavy atom. The fraction of sp³-hybridized carbons (Fsp3) is 0.167. The first-order chi connectivity index (χ1) is 5.95. The molecule has 0 spiro atoms. The lowest BCUT2D eigenvalue weighted by molar-refractivity contribution is 0.881. The lowest BCUT2D eigenvalue weighted by atomic mass is 10.3. The number of aromatic amines is 1. The number of hydrogen-bond acceptors (Lipinski definition) is 5. The highest BCUT2D eigenvalue weighted by Gasteiger charge is 1.99. The maximum atomic E-state index is 3.89. The van der Waals surface area contributed by atoms with Crippen molar-refractivity contribution >= 4 is 0 Å². The summed E-state index contributed by atoms with van der Waals surface area (Å²) in [5.41, 5.74) is 0.844. The van der Waals surface area contributed by atoms with Gasteiger partial charge in [0.25, 0.3) is 0 Å². The van der Waals surface area contributed by atoms with Crippen molar-refractivity contribution in [2.24, 2.45) is 0 Å². The fourth-order valence-electron chi connectivity index (χ4n) is 0.853. The molecule has 0 fully saturated rings. The normalized spacial score (nSPS) is 10.0. The van der Waals surface area contributed by atoms with E-state index in [9.17, 15) is 0 Å². The highest BCUT2D eigenvalue weighted by molar-refractivity contribution is 5.04. The van der Waals surface area contributed by atoms with Gasteiger partial charge in [-0.1, -0.05) is 0 Å². The minimum Gasteiger partial charge on any atom is -0.242 e. The molecule has 2 rings (SSSR count). The molecule has 60 valence electrons. The van der Waals surface area contributed by atoms with E-state index in [2.05, 4.69) is 30.8 Å². The molecule has 0 aliphatic rings. The van der Waals surface area contributed by atoms with Gasteiger partial charge in [-0.3, -0.25) is 0 Å². The molecule has 6 nitrogen and oxygen atoms in total. The van der Waals surface area contributed by atoms with Crippen LogP contribution in [-0.4, -0.2) is 30.8 Å². The number of nitrogens with zero attached hydrogens (tertiary/aromatic N) is 5. The van der Waals surface area contributed by atoms with Crippen molar-refractivity contribution in [3.05, 3.63) is 29.8 Å². The van der Waals surface area contributed by atoms with Gasteiger partial charge < -0.3 is 0 Å². The third-order valence-electron chi connectivity index (χ3n) is 1.37. The molecule has 0 amide bonds. The van der Waals surface area contributed by atoms with Crippen molar-refractivity contribution < 1.29 is 0 Å². The van der Waals surface area contributed by atoms with Crippen molar-refractivity contribution in [3.8, 4) is 0 Å². The van der Waals surface area contributed by atoms with Crippen LogP contribution in [0.5, 0.6) is 0 Å². The highest BCUT2D eigenvalue weighted by Crippen LogP contribution is 1.97. The summed E-state index contributed by atoms with van der Waals surface area (Å²) in [5.74, 6) is 0.690. The average molecular weight is 162 g/mol. The molecule has 0 aliphatic carbocycles. The molecule has 0 radical (unpaired) electrons. The molecule has 0 atom stereocenters. The van der Waals surface area contributed by atoms with Crippen LogP contribution in [0.2, 0.25) is 0 Å². The number of rotatable bonds is 2. The van der Waals surface area contributed by atoms with Gasteiger partial charge in [0.2, 0.25) is 0 Å². The summed E-state index contributed by atoms with van der Waals surface area (Å²) >= 11 is 0. The fourth-order valence-corrected chi connectivity index (χ4v) is 0.853. The maximum absolute atomic E-state index is 3.89. The molecule has 1 N–H and O–H groups in total. The number of tetrazole rings is 1. The third-order valence-corrected chi connectivity index (χ3v) is 1.37. The SMILES string of the molecule is c1cnnc(Cc2nnn[nH]2)c1. The molecule has 0 aromatic carbocycles. The van der Waals surface area contributed by atoms with Crippen molar-refractivity contribution in [1.82, 2.24) is 30.8 Å². The van der Waals surface area contributed by atoms with Crippen molar-refractivity contribution in [2.75, 3.05) is 0 Å². The number of nitrogens with one attached hydrogen (secondary N) is 1. The van der Waals surface area contributed by atoms with Crippen LogP contribution in [0.25, 0.3) is 0 Å². The molecular formula is C6H6N6. The van der Waals surface area contributed by atoms with Crippen LogP contribution in [-0.2, 0) is 6.42 Å². The zero-order valence-corrected chi connectivity index (χ0v) is 6.18. The van der Waals surface area contributed by atoms with Gasteiger partial charge in [-0.05, 0) is 22.6 Å². The van der Waals surface area contributed by atoms with Crippen LogP contribution in [0.3, 0.4) is 0 Å². The molecule has 0 aliphatic heterocycles. The van der Waals surface area contributed by atoms with E-state index in [1.54, 1.807) is 6.20 Å². The van der Waals surface area contributed by atoms with Crippen molar-refractivity contribution in [2.45, 2.75) is 6.42 Å². The van der Waals surface area contributed by atoms with Crippen LogP contribution in [0, 0.1) is 0 Å². The maximum Gasteiger partial charge on any atom is 0.154 e. The first kappa shape index (κ1) is 6.84. The lowest BCUT2D eigenvalue weighted by Crippen LogP contribution is -1.95. The zero-order valence-electron chi connectivity index (χ0n) is 6.18. The van der Waals surface area contributed by atoms with E-state index in [4.69, 9.17) is 0 Å². The topological polar surface area (TPSA) is 80.2 Å². The number of H-pyrrole nitrogens is 1. The summed E-state index contributed by atoms with van der Waals surface area (Å²) < 4.78 is 0. The predicted octanol–water partition coefficient (Wildman–Crippen LogP) is -0.420. The Bertz CT molecular complexity index is 328. The monoisotopic (exact) mass is 162 g/mol. The molecule has 2 aromatic heterocycles. The van der Waals surface area contributed by atoms with Crippen LogP contribution in [0.15, 0.2) is 18.3 Å². The van der Waals surface area contributed by atoms with Gasteiger partial charge in [-0.25, -0.2) is 5.10 Å². The Morgan fingerprint density at radius 3 is 3.00 bits per heavy atom. The second-order valence-corrected chi connectivity index (χ2v) is 2.24. The summed E-state index contributed by atoms with van der Waals surface area (Å²) in [4.78, 5) is 0. The van der Waals surface area contributed by atoms with E-state index in [1.807, 2.05) is 12.1 Å². The number of hydrogen-bond donors (Lipinski definition) is 1. The van der Waals surface area contributed by atoms with Crippen molar-refractivity contribution in [3.63, 3.8) is 0 Å². The second-order valence-electron chi connectivity index (χ2n) is 2.24. The van der Waals surface area contributed by atoms with E-state index < -0.39 is 0 Å². The molecule has 0 saturated carbocycles. The minimum atomic E-state index is 0.584. The molecular weight excluding hydrogens is 156 g/mol. The standard InChI is InChI=1S/C6H6N6/c1-2-5(8-7-3-1)4-6-9-11-12-10-6/h1-3H,4H2,(H,9,10,11,12). The van der Waals surface area contributed by atoms with Gasteiger partial charge in [0.1, 0.15) is 0 Å². The molecule has 0 bridgehead atoms. The Balaban J connectivity index is 2.15. The van der Waals surface area contributed by atoms with E-state index in [0.29, 0.717) is 12.2 Å². The van der Waals surface area contributed by atoms with E-state index in [-0.39, 0.29) is 0 Å². The average Bonchev–Trinajstić information content (AvgIpc) is 2.59. The van der Waals surface area contributed by atoms with Crippen LogP contribution >= 0.6 is 0 Å². The second kappa shape index (κ2) is 3.04. The first-order valence-electron chi connectivity index (χ1n) is 3.44. The first-order valence-corrected chi connectivity index (χ1v) is 3.44. The van der Waals surface area contributed by atoms with Gasteiger partial charge in [-0.2, -0.15) is 10.2 Å². The summed E-state index contributed by atoms with van der Waals surface area (Å²) in [7, 11) is 0. The summed E-state index contributed by atoms with van der Waals surface area (Å²) in [6, 6.07) is 3.70. The van der Waals surface area contributed by atoms with E-state index in [1.165, 1.54) is 0 Å². The molecule has 0 saturated heterocycles. The van der Waals surface area contributed by atoms with E-state index in [0.717, 1.165) is 5.69 Å². The Hall–Kier alpha value is -1.85. The van der Waals surface area contributed by atoms with Gasteiger partial charge in [-0.15, -0.1) is 5.10 Å². The summed E-state index contributed by atoms with van der Waals surface area (Å²) in [6.45, 7) is 0. The van der Waals surface area contributed by atoms with Crippen LogP contribution < -0.4 is 0 Å². The quantitative estimate of drug-likeness (QED) is 0.648. The Labute approximate surface area is 68.0 Å². The zero-order chi connectivity index (χ0) is 8.23. The minimum absolute atomic E-state index is 0.584. The molecule has 2 aromatic rings. The van der Waals surface area contributed by atoms with Gasteiger partial charge >= 0.3 is 0 Å². The van der Waals surface area contributed by atoms with Crippen molar-refractivity contribution in [1.29, 1.82) is 0 Å². The molecule has 12 heavy (non-hydrogen) atoms. The smallest absolute Gasteiger partial charge is 0.154 e. The molecule has 6 heteroatoms.